The van der Waals surface area contributed by atoms with Crippen molar-refractivity contribution in [3.63, 3.8) is 0 Å². The molecule has 1 saturated heterocycles. The van der Waals surface area contributed by atoms with E-state index in [0.717, 1.165) is 16.5 Å². The molecule has 1 aromatic carbocycles. The molecule has 0 aliphatic carbocycles. The second-order valence-corrected chi connectivity index (χ2v) is 6.40. The van der Waals surface area contributed by atoms with Gasteiger partial charge in [-0.3, -0.25) is 4.79 Å². The summed E-state index contributed by atoms with van der Waals surface area (Å²) in [6.45, 7) is 3.45. The molecule has 24 heavy (non-hydrogen) atoms. The van der Waals surface area contributed by atoms with Gasteiger partial charge in [0, 0.05) is 17.7 Å². The number of hydrogen-bond donors (Lipinski definition) is 3. The first kappa shape index (κ1) is 16.8. The molecule has 0 bridgehead atoms. The van der Waals surface area contributed by atoms with Crippen molar-refractivity contribution in [3.05, 3.63) is 35.9 Å². The zero-order valence-corrected chi connectivity index (χ0v) is 13.8. The summed E-state index contributed by atoms with van der Waals surface area (Å²) < 4.78 is 5.75. The van der Waals surface area contributed by atoms with Crippen molar-refractivity contribution >= 4 is 22.6 Å². The highest BCUT2D eigenvalue weighted by Gasteiger charge is 2.34. The van der Waals surface area contributed by atoms with Crippen molar-refractivity contribution in [3.8, 4) is 0 Å². The Kier molecular flexibility index (Phi) is 4.80. The molecule has 6 nitrogen and oxygen atoms in total. The topological polar surface area (TPSA) is 91.7 Å². The van der Waals surface area contributed by atoms with Gasteiger partial charge in [-0.05, 0) is 23.8 Å². The molecule has 2 aromatic rings. The third-order valence-corrected chi connectivity index (χ3v) is 4.29. The van der Waals surface area contributed by atoms with Crippen molar-refractivity contribution < 1.29 is 19.7 Å². The predicted octanol–water partition coefficient (Wildman–Crippen LogP) is 2.01. The van der Waals surface area contributed by atoms with Gasteiger partial charge in [-0.1, -0.05) is 26.0 Å². The maximum absolute atomic E-state index is 11.8. The van der Waals surface area contributed by atoms with Gasteiger partial charge in [0.05, 0.1) is 24.3 Å². The van der Waals surface area contributed by atoms with E-state index in [1.165, 1.54) is 0 Å². The molecule has 3 rings (SSSR count). The van der Waals surface area contributed by atoms with E-state index in [1.54, 1.807) is 6.07 Å². The SMILES string of the molecule is CC(C)C(=O)Nc1ccc2c([C@H]3C[C@H](O)[C@@H](CO)O3)cccc2n1. The van der Waals surface area contributed by atoms with E-state index in [2.05, 4.69) is 10.3 Å². The molecule has 1 aromatic heterocycles. The minimum atomic E-state index is -0.673. The smallest absolute Gasteiger partial charge is 0.228 e. The standard InChI is InChI=1S/C18H22N2O4/c1-10(2)18(23)20-17-7-6-11-12(4-3-5-13(11)19-17)15-8-14(22)16(9-21)24-15/h3-7,10,14-16,21-22H,8-9H2,1-2H3,(H,19,20,23)/t14-,15+,16+/m0/s1. The number of nitrogens with one attached hydrogen (secondary N) is 1. The number of carbonyl (C=O) groups is 1. The molecule has 0 radical (unpaired) electrons. The predicted molar refractivity (Wildman–Crippen MR) is 90.5 cm³/mol. The summed E-state index contributed by atoms with van der Waals surface area (Å²) in [4.78, 5) is 16.3. The van der Waals surface area contributed by atoms with Crippen LogP contribution in [0.1, 0.15) is 31.9 Å². The summed E-state index contributed by atoms with van der Waals surface area (Å²) in [5.74, 6) is 0.322. The van der Waals surface area contributed by atoms with E-state index < -0.39 is 12.2 Å². The van der Waals surface area contributed by atoms with Gasteiger partial charge in [0.1, 0.15) is 11.9 Å². The van der Waals surface area contributed by atoms with E-state index in [1.807, 2.05) is 38.1 Å². The normalized spacial score (nSPS) is 23.8. The Balaban J connectivity index is 1.90. The minimum Gasteiger partial charge on any atom is -0.394 e. The summed E-state index contributed by atoms with van der Waals surface area (Å²) in [6, 6.07) is 9.35. The molecule has 0 saturated carbocycles. The zero-order chi connectivity index (χ0) is 17.3. The Morgan fingerprint density at radius 2 is 2.17 bits per heavy atom. The fourth-order valence-electron chi connectivity index (χ4n) is 2.89. The van der Waals surface area contributed by atoms with E-state index in [-0.39, 0.29) is 24.5 Å². The fourth-order valence-corrected chi connectivity index (χ4v) is 2.89. The largest absolute Gasteiger partial charge is 0.394 e. The van der Waals surface area contributed by atoms with Gasteiger partial charge in [-0.25, -0.2) is 4.98 Å². The van der Waals surface area contributed by atoms with Crippen LogP contribution in [0, 0.1) is 5.92 Å². The molecule has 6 heteroatoms. The number of aromatic nitrogens is 1. The number of anilines is 1. The number of aliphatic hydroxyl groups is 2. The maximum Gasteiger partial charge on any atom is 0.228 e. The number of carbonyl (C=O) groups excluding carboxylic acids is 1. The Morgan fingerprint density at radius 1 is 1.38 bits per heavy atom. The number of hydrogen-bond acceptors (Lipinski definition) is 5. The first-order chi connectivity index (χ1) is 11.5. The summed E-state index contributed by atoms with van der Waals surface area (Å²) in [5, 5.41) is 22.9. The van der Waals surface area contributed by atoms with Gasteiger partial charge in [0.2, 0.25) is 5.91 Å². The molecule has 1 aliphatic rings. The van der Waals surface area contributed by atoms with Crippen molar-refractivity contribution in [1.82, 2.24) is 4.98 Å². The lowest BCUT2D eigenvalue weighted by Crippen LogP contribution is -2.24. The van der Waals surface area contributed by atoms with Crippen LogP contribution >= 0.6 is 0 Å². The van der Waals surface area contributed by atoms with E-state index in [4.69, 9.17) is 4.74 Å². The second kappa shape index (κ2) is 6.84. The highest BCUT2D eigenvalue weighted by atomic mass is 16.5. The Labute approximate surface area is 140 Å². The molecule has 3 N–H and O–H groups in total. The van der Waals surface area contributed by atoms with Gasteiger partial charge >= 0.3 is 0 Å². The Bertz CT molecular complexity index is 747. The van der Waals surface area contributed by atoms with Crippen LogP contribution in [0.5, 0.6) is 0 Å². The van der Waals surface area contributed by atoms with E-state index in [0.29, 0.717) is 12.2 Å². The average Bonchev–Trinajstić information content (AvgIpc) is 2.94. The second-order valence-electron chi connectivity index (χ2n) is 6.40. The molecule has 1 fully saturated rings. The molecule has 3 atom stereocenters. The number of aliphatic hydroxyl groups excluding tert-OH is 2. The van der Waals surface area contributed by atoms with Crippen LogP contribution in [-0.4, -0.2) is 39.9 Å². The van der Waals surface area contributed by atoms with Gasteiger partial charge < -0.3 is 20.3 Å². The van der Waals surface area contributed by atoms with Gasteiger partial charge in [-0.2, -0.15) is 0 Å². The van der Waals surface area contributed by atoms with Crippen LogP contribution in [0.4, 0.5) is 5.82 Å². The van der Waals surface area contributed by atoms with Crippen molar-refractivity contribution in [2.24, 2.45) is 5.92 Å². The average molecular weight is 330 g/mol. The quantitative estimate of drug-likeness (QED) is 0.798. The number of benzene rings is 1. The van der Waals surface area contributed by atoms with Crippen LogP contribution in [0.2, 0.25) is 0 Å². The van der Waals surface area contributed by atoms with Crippen molar-refractivity contribution in [1.29, 1.82) is 0 Å². The van der Waals surface area contributed by atoms with Crippen LogP contribution in [-0.2, 0) is 9.53 Å². The van der Waals surface area contributed by atoms with E-state index >= 15 is 0 Å². The fraction of sp³-hybridized carbons (Fsp3) is 0.444. The van der Waals surface area contributed by atoms with Crippen LogP contribution in [0.3, 0.4) is 0 Å². The monoisotopic (exact) mass is 330 g/mol. The number of nitrogens with zero attached hydrogens (tertiary/aromatic N) is 1. The van der Waals surface area contributed by atoms with E-state index in [9.17, 15) is 15.0 Å². The number of ether oxygens (including phenoxy) is 1. The van der Waals surface area contributed by atoms with Crippen LogP contribution < -0.4 is 5.32 Å². The zero-order valence-electron chi connectivity index (χ0n) is 13.8. The lowest BCUT2D eigenvalue weighted by Gasteiger charge is -2.15. The molecule has 0 spiro atoms. The molecule has 1 amide bonds. The Hall–Kier alpha value is -2.02. The first-order valence-electron chi connectivity index (χ1n) is 8.14. The summed E-state index contributed by atoms with van der Waals surface area (Å²) in [7, 11) is 0. The molecule has 1 aliphatic heterocycles. The highest BCUT2D eigenvalue weighted by molar-refractivity contribution is 5.93. The maximum atomic E-state index is 11.8. The highest BCUT2D eigenvalue weighted by Crippen LogP contribution is 2.36. The number of amides is 1. The van der Waals surface area contributed by atoms with Crippen LogP contribution in [0.25, 0.3) is 10.9 Å². The third kappa shape index (κ3) is 3.26. The third-order valence-electron chi connectivity index (χ3n) is 4.29. The lowest BCUT2D eigenvalue weighted by atomic mass is 10.00. The van der Waals surface area contributed by atoms with Crippen molar-refractivity contribution in [2.45, 2.75) is 38.6 Å². The molecular formula is C18H22N2O4. The van der Waals surface area contributed by atoms with Gasteiger partial charge in [0.15, 0.2) is 0 Å². The number of pyridine rings is 1. The molecule has 128 valence electrons. The van der Waals surface area contributed by atoms with Crippen LogP contribution in [0.15, 0.2) is 30.3 Å². The first-order valence-corrected chi connectivity index (χ1v) is 8.14. The van der Waals surface area contributed by atoms with Crippen molar-refractivity contribution in [2.75, 3.05) is 11.9 Å². The summed E-state index contributed by atoms with van der Waals surface area (Å²) in [5.41, 5.74) is 1.68. The number of fused-ring (bicyclic) bond motifs is 1. The summed E-state index contributed by atoms with van der Waals surface area (Å²) >= 11 is 0. The molecular weight excluding hydrogens is 308 g/mol. The Morgan fingerprint density at radius 3 is 2.83 bits per heavy atom. The summed E-state index contributed by atoms with van der Waals surface area (Å²) in [6.07, 6.45) is -1.06. The number of rotatable bonds is 4. The molecule has 0 unspecified atom stereocenters. The van der Waals surface area contributed by atoms with Gasteiger partial charge in [0.25, 0.3) is 0 Å². The minimum absolute atomic E-state index is 0.0777. The lowest BCUT2D eigenvalue weighted by molar-refractivity contribution is -0.118. The van der Waals surface area contributed by atoms with Gasteiger partial charge in [-0.15, -0.1) is 0 Å². The molecule has 2 heterocycles.